The van der Waals surface area contributed by atoms with Crippen LogP contribution in [0.25, 0.3) is 0 Å². The molecule has 0 saturated carbocycles. The van der Waals surface area contributed by atoms with Gasteiger partial charge in [-0.2, -0.15) is 0 Å². The standard InChI is InChI=1S/C14H11BrClFN2O/c1-7-4-9(15)13(12(18)5-7)19-14(20)8-2-3-11(17)10(16)6-8/h2-6H,18H2,1H3,(H,19,20). The van der Waals surface area contributed by atoms with Crippen LogP contribution in [-0.4, -0.2) is 5.91 Å². The summed E-state index contributed by atoms with van der Waals surface area (Å²) in [6, 6.07) is 7.35. The van der Waals surface area contributed by atoms with Gasteiger partial charge in [-0.1, -0.05) is 11.6 Å². The van der Waals surface area contributed by atoms with Crippen molar-refractivity contribution in [2.45, 2.75) is 6.92 Å². The Balaban J connectivity index is 2.30. The van der Waals surface area contributed by atoms with Crippen LogP contribution in [0.1, 0.15) is 15.9 Å². The van der Waals surface area contributed by atoms with Crippen LogP contribution in [0.4, 0.5) is 15.8 Å². The molecule has 0 spiro atoms. The Labute approximate surface area is 129 Å². The van der Waals surface area contributed by atoms with Gasteiger partial charge in [0.25, 0.3) is 5.91 Å². The molecule has 0 saturated heterocycles. The summed E-state index contributed by atoms with van der Waals surface area (Å²) < 4.78 is 13.7. The number of halogens is 3. The number of nitrogen functional groups attached to an aromatic ring is 1. The van der Waals surface area contributed by atoms with E-state index in [-0.39, 0.29) is 10.6 Å². The topological polar surface area (TPSA) is 55.1 Å². The van der Waals surface area contributed by atoms with Crippen LogP contribution < -0.4 is 11.1 Å². The Kier molecular flexibility index (Phi) is 4.30. The molecule has 0 heterocycles. The van der Waals surface area contributed by atoms with Gasteiger partial charge in [0.2, 0.25) is 0 Å². The number of nitrogens with two attached hydrogens (primary N) is 1. The molecule has 2 aromatic rings. The number of carbonyl (C=O) groups excluding carboxylic acids is 1. The number of anilines is 2. The molecule has 0 bridgehead atoms. The van der Waals surface area contributed by atoms with Gasteiger partial charge < -0.3 is 11.1 Å². The molecule has 0 atom stereocenters. The summed E-state index contributed by atoms with van der Waals surface area (Å²) in [7, 11) is 0. The molecule has 2 rings (SSSR count). The highest BCUT2D eigenvalue weighted by molar-refractivity contribution is 9.10. The molecular weight excluding hydrogens is 347 g/mol. The van der Waals surface area contributed by atoms with E-state index in [2.05, 4.69) is 21.2 Å². The summed E-state index contributed by atoms with van der Waals surface area (Å²) in [4.78, 5) is 12.1. The van der Waals surface area contributed by atoms with E-state index in [4.69, 9.17) is 17.3 Å². The highest BCUT2D eigenvalue weighted by atomic mass is 79.9. The van der Waals surface area contributed by atoms with Crippen molar-refractivity contribution in [3.8, 4) is 0 Å². The highest BCUT2D eigenvalue weighted by Gasteiger charge is 2.13. The lowest BCUT2D eigenvalue weighted by Gasteiger charge is -2.11. The molecule has 3 N–H and O–H groups in total. The molecular formula is C14H11BrClFN2O. The van der Waals surface area contributed by atoms with Crippen molar-refractivity contribution in [1.29, 1.82) is 0 Å². The largest absolute Gasteiger partial charge is 0.397 e. The minimum atomic E-state index is -0.570. The van der Waals surface area contributed by atoms with Gasteiger partial charge >= 0.3 is 0 Å². The summed E-state index contributed by atoms with van der Waals surface area (Å²) in [6.45, 7) is 1.90. The highest BCUT2D eigenvalue weighted by Crippen LogP contribution is 2.30. The van der Waals surface area contributed by atoms with Crippen molar-refractivity contribution >= 4 is 44.8 Å². The van der Waals surface area contributed by atoms with Gasteiger partial charge in [0, 0.05) is 10.0 Å². The van der Waals surface area contributed by atoms with E-state index in [0.29, 0.717) is 15.8 Å². The zero-order chi connectivity index (χ0) is 14.9. The lowest BCUT2D eigenvalue weighted by molar-refractivity contribution is 0.102. The fourth-order valence-corrected chi connectivity index (χ4v) is 2.59. The summed E-state index contributed by atoms with van der Waals surface area (Å²) in [5, 5.41) is 2.57. The quantitative estimate of drug-likeness (QED) is 0.783. The second-order valence-corrected chi connectivity index (χ2v) is 5.56. The third-order valence-corrected chi connectivity index (χ3v) is 3.60. The van der Waals surface area contributed by atoms with Gasteiger partial charge in [0.1, 0.15) is 5.82 Å². The predicted octanol–water partition coefficient (Wildman–Crippen LogP) is 4.38. The van der Waals surface area contributed by atoms with Crippen LogP contribution >= 0.6 is 27.5 Å². The number of carbonyl (C=O) groups is 1. The normalized spacial score (nSPS) is 10.4. The molecule has 3 nitrogen and oxygen atoms in total. The van der Waals surface area contributed by atoms with Crippen LogP contribution in [0.3, 0.4) is 0 Å². The lowest BCUT2D eigenvalue weighted by atomic mass is 10.1. The number of rotatable bonds is 2. The number of hydrogen-bond acceptors (Lipinski definition) is 2. The molecule has 0 fully saturated rings. The Morgan fingerprint density at radius 1 is 1.35 bits per heavy atom. The molecule has 104 valence electrons. The molecule has 0 radical (unpaired) electrons. The Morgan fingerprint density at radius 2 is 2.05 bits per heavy atom. The van der Waals surface area contributed by atoms with Gasteiger partial charge in [-0.05, 0) is 58.7 Å². The average molecular weight is 358 g/mol. The first-order valence-corrected chi connectivity index (χ1v) is 6.87. The van der Waals surface area contributed by atoms with Crippen molar-refractivity contribution in [2.75, 3.05) is 11.1 Å². The van der Waals surface area contributed by atoms with E-state index < -0.39 is 11.7 Å². The molecule has 0 aliphatic heterocycles. The monoisotopic (exact) mass is 356 g/mol. The van der Waals surface area contributed by atoms with Crippen molar-refractivity contribution < 1.29 is 9.18 Å². The Hall–Kier alpha value is -1.59. The number of benzene rings is 2. The Bertz CT molecular complexity index is 668. The molecule has 0 aliphatic carbocycles. The van der Waals surface area contributed by atoms with Crippen LogP contribution in [0, 0.1) is 12.7 Å². The zero-order valence-electron chi connectivity index (χ0n) is 10.5. The van der Waals surface area contributed by atoms with Crippen LogP contribution in [0.2, 0.25) is 5.02 Å². The first kappa shape index (κ1) is 14.8. The predicted molar refractivity (Wildman–Crippen MR) is 82.7 cm³/mol. The van der Waals surface area contributed by atoms with Gasteiger partial charge in [-0.25, -0.2) is 4.39 Å². The maximum atomic E-state index is 13.1. The average Bonchev–Trinajstić information content (AvgIpc) is 2.36. The number of aryl methyl sites for hydroxylation is 1. The van der Waals surface area contributed by atoms with E-state index in [0.717, 1.165) is 11.6 Å². The van der Waals surface area contributed by atoms with Gasteiger partial charge in [0.15, 0.2) is 0 Å². The fraction of sp³-hybridized carbons (Fsp3) is 0.0714. The first-order valence-electron chi connectivity index (χ1n) is 5.70. The molecule has 2 aromatic carbocycles. The number of amides is 1. The van der Waals surface area contributed by atoms with Crippen molar-refractivity contribution in [3.63, 3.8) is 0 Å². The molecule has 20 heavy (non-hydrogen) atoms. The summed E-state index contributed by atoms with van der Waals surface area (Å²) in [6.07, 6.45) is 0. The molecule has 6 heteroatoms. The van der Waals surface area contributed by atoms with Crippen molar-refractivity contribution in [3.05, 3.63) is 56.8 Å². The molecule has 0 unspecified atom stereocenters. The smallest absolute Gasteiger partial charge is 0.255 e. The van der Waals surface area contributed by atoms with Crippen molar-refractivity contribution in [2.24, 2.45) is 0 Å². The van der Waals surface area contributed by atoms with E-state index in [1.165, 1.54) is 12.1 Å². The van der Waals surface area contributed by atoms with E-state index in [1.54, 1.807) is 6.07 Å². The summed E-state index contributed by atoms with van der Waals surface area (Å²) >= 11 is 9.00. The van der Waals surface area contributed by atoms with Crippen LogP contribution in [-0.2, 0) is 0 Å². The first-order chi connectivity index (χ1) is 9.38. The van der Waals surface area contributed by atoms with E-state index in [9.17, 15) is 9.18 Å². The van der Waals surface area contributed by atoms with Gasteiger partial charge in [-0.3, -0.25) is 4.79 Å². The molecule has 1 amide bonds. The zero-order valence-corrected chi connectivity index (χ0v) is 12.8. The second-order valence-electron chi connectivity index (χ2n) is 4.29. The molecule has 0 aromatic heterocycles. The van der Waals surface area contributed by atoms with E-state index >= 15 is 0 Å². The minimum absolute atomic E-state index is 0.103. The minimum Gasteiger partial charge on any atom is -0.397 e. The van der Waals surface area contributed by atoms with Crippen LogP contribution in [0.15, 0.2) is 34.8 Å². The maximum Gasteiger partial charge on any atom is 0.255 e. The van der Waals surface area contributed by atoms with Crippen LogP contribution in [0.5, 0.6) is 0 Å². The second kappa shape index (κ2) is 5.81. The fourth-order valence-electron chi connectivity index (χ4n) is 1.72. The summed E-state index contributed by atoms with van der Waals surface area (Å²) in [5.74, 6) is -0.984. The number of nitrogens with one attached hydrogen (secondary N) is 1. The Morgan fingerprint density at radius 3 is 2.65 bits per heavy atom. The summed E-state index contributed by atoms with van der Waals surface area (Å²) in [5.41, 5.74) is 8.01. The SMILES string of the molecule is Cc1cc(N)c(NC(=O)c2ccc(F)c(Cl)c2)c(Br)c1. The molecule has 0 aliphatic rings. The number of hydrogen-bond donors (Lipinski definition) is 2. The van der Waals surface area contributed by atoms with Crippen molar-refractivity contribution in [1.82, 2.24) is 0 Å². The van der Waals surface area contributed by atoms with Gasteiger partial charge in [0.05, 0.1) is 16.4 Å². The third-order valence-electron chi connectivity index (χ3n) is 2.69. The lowest BCUT2D eigenvalue weighted by Crippen LogP contribution is -2.14. The third kappa shape index (κ3) is 3.11. The van der Waals surface area contributed by atoms with Gasteiger partial charge in [-0.15, -0.1) is 0 Å². The van der Waals surface area contributed by atoms with E-state index in [1.807, 2.05) is 13.0 Å². The maximum absolute atomic E-state index is 13.1.